The van der Waals surface area contributed by atoms with Crippen LogP contribution >= 0.6 is 0 Å². The fraction of sp³-hybridized carbons (Fsp3) is 0.923. The Balaban J connectivity index is 2.20. The van der Waals surface area contributed by atoms with Gasteiger partial charge in [-0.2, -0.15) is 0 Å². The number of tetrazole rings is 1. The van der Waals surface area contributed by atoms with Gasteiger partial charge in [-0.25, -0.2) is 4.68 Å². The molecule has 0 saturated heterocycles. The first-order valence-corrected chi connectivity index (χ1v) is 6.85. The Labute approximate surface area is 109 Å². The number of nitrogens with zero attached hydrogens (tertiary/aromatic N) is 4. The van der Waals surface area contributed by atoms with Crippen LogP contribution in [0, 0.1) is 10.8 Å². The van der Waals surface area contributed by atoms with Gasteiger partial charge in [-0.3, -0.25) is 0 Å². The third-order valence-electron chi connectivity index (χ3n) is 4.80. The molecule has 0 bridgehead atoms. The van der Waals surface area contributed by atoms with Crippen LogP contribution in [0.2, 0.25) is 0 Å². The molecule has 0 aromatic carbocycles. The van der Waals surface area contributed by atoms with Crippen molar-refractivity contribution in [2.24, 2.45) is 10.8 Å². The Hall–Kier alpha value is -0.970. The van der Waals surface area contributed by atoms with Crippen LogP contribution in [0.5, 0.6) is 0 Å². The van der Waals surface area contributed by atoms with E-state index in [0.29, 0.717) is 6.04 Å². The summed E-state index contributed by atoms with van der Waals surface area (Å²) >= 11 is 0. The van der Waals surface area contributed by atoms with Gasteiger partial charge in [0.1, 0.15) is 0 Å². The highest BCUT2D eigenvalue weighted by Gasteiger charge is 2.67. The highest BCUT2D eigenvalue weighted by molar-refractivity contribution is 5.17. The van der Waals surface area contributed by atoms with Crippen LogP contribution in [0.15, 0.2) is 0 Å². The predicted octanol–water partition coefficient (Wildman–Crippen LogP) is 2.34. The number of rotatable bonds is 5. The van der Waals surface area contributed by atoms with Crippen molar-refractivity contribution in [3.05, 3.63) is 5.82 Å². The third-order valence-corrected chi connectivity index (χ3v) is 4.80. The number of aromatic nitrogens is 4. The molecule has 5 nitrogen and oxygen atoms in total. The van der Waals surface area contributed by atoms with E-state index < -0.39 is 0 Å². The Morgan fingerprint density at radius 3 is 2.39 bits per heavy atom. The van der Waals surface area contributed by atoms with Crippen molar-refractivity contribution < 1.29 is 0 Å². The lowest BCUT2D eigenvalue weighted by molar-refractivity contribution is 0.445. The minimum atomic E-state index is 0.201. The van der Waals surface area contributed by atoms with Crippen LogP contribution in [-0.2, 0) is 0 Å². The van der Waals surface area contributed by atoms with Crippen LogP contribution < -0.4 is 5.32 Å². The third kappa shape index (κ3) is 1.85. The van der Waals surface area contributed by atoms with Gasteiger partial charge in [0.15, 0.2) is 5.82 Å². The van der Waals surface area contributed by atoms with E-state index in [0.717, 1.165) is 18.8 Å². The minimum absolute atomic E-state index is 0.201. The Morgan fingerprint density at radius 1 is 1.28 bits per heavy atom. The van der Waals surface area contributed by atoms with Gasteiger partial charge in [0.25, 0.3) is 0 Å². The first kappa shape index (κ1) is 13.5. The van der Waals surface area contributed by atoms with Crippen molar-refractivity contribution in [1.82, 2.24) is 25.5 Å². The second-order valence-corrected chi connectivity index (χ2v) is 6.50. The zero-order valence-corrected chi connectivity index (χ0v) is 12.4. The molecule has 1 saturated carbocycles. The fourth-order valence-corrected chi connectivity index (χ4v) is 2.89. The van der Waals surface area contributed by atoms with E-state index in [9.17, 15) is 0 Å². The van der Waals surface area contributed by atoms with E-state index in [-0.39, 0.29) is 16.9 Å². The second-order valence-electron chi connectivity index (χ2n) is 6.50. The first-order valence-electron chi connectivity index (χ1n) is 6.85. The van der Waals surface area contributed by atoms with Gasteiger partial charge in [-0.15, -0.1) is 5.10 Å². The van der Waals surface area contributed by atoms with E-state index in [4.69, 9.17) is 0 Å². The number of nitrogens with one attached hydrogen (secondary N) is 1. The molecule has 1 N–H and O–H groups in total. The summed E-state index contributed by atoms with van der Waals surface area (Å²) < 4.78 is 2.02. The van der Waals surface area contributed by atoms with Crippen molar-refractivity contribution in [1.29, 1.82) is 0 Å². The smallest absolute Gasteiger partial charge is 0.168 e. The molecule has 0 amide bonds. The average Bonchev–Trinajstić information content (AvgIpc) is 2.68. The summed E-state index contributed by atoms with van der Waals surface area (Å²) in [5, 5.41) is 15.7. The summed E-state index contributed by atoms with van der Waals surface area (Å²) in [6.45, 7) is 14.4. The topological polar surface area (TPSA) is 55.6 Å². The summed E-state index contributed by atoms with van der Waals surface area (Å²) in [5.74, 6) is 0.951. The molecule has 1 aliphatic carbocycles. The Bertz CT molecular complexity index is 407. The highest BCUT2D eigenvalue weighted by Crippen LogP contribution is 2.71. The van der Waals surface area contributed by atoms with Crippen molar-refractivity contribution in [2.75, 3.05) is 6.54 Å². The summed E-state index contributed by atoms with van der Waals surface area (Å²) in [4.78, 5) is 0. The van der Waals surface area contributed by atoms with Crippen LogP contribution in [-0.4, -0.2) is 26.8 Å². The maximum Gasteiger partial charge on any atom is 0.168 e. The zero-order chi connectivity index (χ0) is 13.6. The molecule has 2 rings (SSSR count). The molecule has 1 aromatic heterocycles. The van der Waals surface area contributed by atoms with Gasteiger partial charge >= 0.3 is 0 Å². The first-order chi connectivity index (χ1) is 8.34. The molecular weight excluding hydrogens is 226 g/mol. The quantitative estimate of drug-likeness (QED) is 0.872. The van der Waals surface area contributed by atoms with Crippen molar-refractivity contribution in [3.63, 3.8) is 0 Å². The van der Waals surface area contributed by atoms with E-state index in [1.165, 1.54) is 0 Å². The Kier molecular flexibility index (Phi) is 3.21. The van der Waals surface area contributed by atoms with Crippen LogP contribution in [0.4, 0.5) is 0 Å². The molecular formula is C13H25N5. The van der Waals surface area contributed by atoms with Crippen molar-refractivity contribution in [2.45, 2.75) is 60.0 Å². The van der Waals surface area contributed by atoms with Crippen LogP contribution in [0.3, 0.4) is 0 Å². The van der Waals surface area contributed by atoms with Crippen LogP contribution in [0.25, 0.3) is 0 Å². The van der Waals surface area contributed by atoms with Gasteiger partial charge < -0.3 is 5.32 Å². The lowest BCUT2D eigenvalue weighted by Crippen LogP contribution is -2.23. The van der Waals surface area contributed by atoms with E-state index >= 15 is 0 Å². The van der Waals surface area contributed by atoms with Crippen LogP contribution in [0.1, 0.15) is 65.9 Å². The summed E-state index contributed by atoms with van der Waals surface area (Å²) in [5.41, 5.74) is 0.503. The number of hydrogen-bond acceptors (Lipinski definition) is 4. The van der Waals surface area contributed by atoms with E-state index in [1.807, 2.05) is 4.68 Å². The molecule has 102 valence electrons. The maximum atomic E-state index is 4.21. The molecule has 18 heavy (non-hydrogen) atoms. The lowest BCUT2D eigenvalue weighted by atomic mass is 10.0. The van der Waals surface area contributed by atoms with Gasteiger partial charge in [0.05, 0.1) is 12.1 Å². The lowest BCUT2D eigenvalue weighted by Gasteiger charge is -2.13. The number of hydrogen-bond donors (Lipinski definition) is 1. The van der Waals surface area contributed by atoms with Gasteiger partial charge in [0, 0.05) is 0 Å². The second kappa shape index (κ2) is 4.30. The van der Waals surface area contributed by atoms with Crippen molar-refractivity contribution >= 4 is 0 Å². The average molecular weight is 251 g/mol. The molecule has 0 radical (unpaired) electrons. The normalized spacial score (nSPS) is 23.0. The predicted molar refractivity (Wildman–Crippen MR) is 71.1 cm³/mol. The molecule has 1 heterocycles. The molecule has 1 fully saturated rings. The fourth-order valence-electron chi connectivity index (χ4n) is 2.89. The molecule has 0 aliphatic heterocycles. The summed E-state index contributed by atoms with van der Waals surface area (Å²) in [7, 11) is 0. The van der Waals surface area contributed by atoms with E-state index in [1.54, 1.807) is 0 Å². The van der Waals surface area contributed by atoms with Gasteiger partial charge in [-0.05, 0) is 41.1 Å². The molecule has 1 aromatic rings. The summed E-state index contributed by atoms with van der Waals surface area (Å²) in [6, 6.07) is 0.591. The molecule has 1 aliphatic rings. The molecule has 5 heteroatoms. The van der Waals surface area contributed by atoms with E-state index in [2.05, 4.69) is 62.4 Å². The molecule has 0 spiro atoms. The molecule has 1 unspecified atom stereocenters. The summed E-state index contributed by atoms with van der Waals surface area (Å²) in [6.07, 6.45) is 1.12. The monoisotopic (exact) mass is 251 g/mol. The van der Waals surface area contributed by atoms with Crippen molar-refractivity contribution in [3.8, 4) is 0 Å². The molecule has 1 atom stereocenters. The minimum Gasteiger partial charge on any atom is -0.307 e. The Morgan fingerprint density at radius 2 is 1.89 bits per heavy atom. The van der Waals surface area contributed by atoms with Gasteiger partial charge in [-0.1, -0.05) is 34.6 Å². The maximum absolute atomic E-state index is 4.21. The zero-order valence-electron chi connectivity index (χ0n) is 12.4. The largest absolute Gasteiger partial charge is 0.307 e. The standard InChI is InChI=1S/C13H25N5/c1-7-8-14-9(2)10-15-16-17-18(10)11-12(3,4)13(11,5)6/h9,11,14H,7-8H2,1-6H3. The SMILES string of the molecule is CCCNC(C)c1nnnn1C1C(C)(C)C1(C)C. The van der Waals surface area contributed by atoms with Gasteiger partial charge in [0.2, 0.25) is 0 Å². The highest BCUT2D eigenvalue weighted by atomic mass is 15.6.